The van der Waals surface area contributed by atoms with Gasteiger partial charge in [-0.3, -0.25) is 9.55 Å². The van der Waals surface area contributed by atoms with E-state index in [0.29, 0.717) is 0 Å². The number of rotatable bonds is 4. The minimum absolute atomic E-state index is 0.0198. The Bertz CT molecular complexity index is 946. The molecule has 0 amide bonds. The highest BCUT2D eigenvalue weighted by Gasteiger charge is 2.42. The molecule has 27 heavy (non-hydrogen) atoms. The van der Waals surface area contributed by atoms with Gasteiger partial charge in [-0.1, -0.05) is 6.07 Å². The third-order valence-corrected chi connectivity index (χ3v) is 6.18. The average molecular weight is 398 g/mol. The Morgan fingerprint density at radius 3 is 2.63 bits per heavy atom. The summed E-state index contributed by atoms with van der Waals surface area (Å²) >= 11 is 7.35. The highest BCUT2D eigenvalue weighted by atomic mass is 32.1. The number of nitrogens with zero attached hydrogens (tertiary/aromatic N) is 4. The zero-order valence-corrected chi connectivity index (χ0v) is 17.5. The minimum atomic E-state index is 0.0198. The van der Waals surface area contributed by atoms with Crippen LogP contribution in [0, 0.1) is 13.8 Å². The van der Waals surface area contributed by atoms with Crippen molar-refractivity contribution in [2.45, 2.75) is 45.8 Å². The lowest BCUT2D eigenvalue weighted by atomic mass is 9.96. The first-order chi connectivity index (χ1) is 13.0. The molecule has 5 nitrogen and oxygen atoms in total. The summed E-state index contributed by atoms with van der Waals surface area (Å²) in [5.74, 6) is 0. The molecule has 0 unspecified atom stereocenters. The van der Waals surface area contributed by atoms with Gasteiger partial charge in [0.05, 0.1) is 17.8 Å². The standard InChI is InChI=1S/C20H23N5S2/c1-12(2)24-18(17(23-19(24)26)16-7-5-6-8-21-16)15-11-13(3)25(14(15)4)20-22-9-10-27-20/h5-12,17-18H,1-4H3,(H,23,26)/t17-,18+/m0/s1. The quantitative estimate of drug-likeness (QED) is 0.664. The maximum atomic E-state index is 5.70. The van der Waals surface area contributed by atoms with E-state index < -0.39 is 0 Å². The Hall–Kier alpha value is -2.25. The van der Waals surface area contributed by atoms with Gasteiger partial charge in [-0.2, -0.15) is 0 Å². The lowest BCUT2D eigenvalue weighted by Crippen LogP contribution is -2.35. The van der Waals surface area contributed by atoms with Crippen LogP contribution in [0.15, 0.2) is 42.0 Å². The molecule has 0 aromatic carbocycles. The van der Waals surface area contributed by atoms with E-state index in [1.807, 2.05) is 29.9 Å². The van der Waals surface area contributed by atoms with E-state index in [1.165, 1.54) is 17.0 Å². The Labute approximate surface area is 169 Å². The number of pyridine rings is 1. The van der Waals surface area contributed by atoms with E-state index in [4.69, 9.17) is 12.2 Å². The number of aryl methyl sites for hydroxylation is 1. The van der Waals surface area contributed by atoms with E-state index >= 15 is 0 Å². The molecule has 4 rings (SSSR count). The second kappa shape index (κ2) is 7.05. The van der Waals surface area contributed by atoms with Crippen LogP contribution in [-0.4, -0.2) is 30.6 Å². The second-order valence-corrected chi connectivity index (χ2v) is 8.36. The Morgan fingerprint density at radius 1 is 1.19 bits per heavy atom. The first-order valence-electron chi connectivity index (χ1n) is 9.07. The van der Waals surface area contributed by atoms with Crippen LogP contribution in [0.3, 0.4) is 0 Å². The van der Waals surface area contributed by atoms with Gasteiger partial charge in [-0.05, 0) is 63.7 Å². The highest BCUT2D eigenvalue weighted by Crippen LogP contribution is 2.42. The second-order valence-electron chi connectivity index (χ2n) is 7.10. The minimum Gasteiger partial charge on any atom is -0.352 e. The van der Waals surface area contributed by atoms with Crippen molar-refractivity contribution in [1.29, 1.82) is 0 Å². The largest absolute Gasteiger partial charge is 0.352 e. The van der Waals surface area contributed by atoms with Gasteiger partial charge in [0.2, 0.25) is 0 Å². The number of thiocarbonyl (C=S) groups is 1. The third-order valence-electron chi connectivity index (χ3n) is 5.09. The fourth-order valence-electron chi connectivity index (χ4n) is 3.96. The van der Waals surface area contributed by atoms with Gasteiger partial charge < -0.3 is 10.2 Å². The molecule has 1 fully saturated rings. The van der Waals surface area contributed by atoms with Gasteiger partial charge >= 0.3 is 0 Å². The molecule has 1 aliphatic rings. The molecule has 4 heterocycles. The summed E-state index contributed by atoms with van der Waals surface area (Å²) in [6.45, 7) is 8.66. The molecule has 140 valence electrons. The molecule has 0 spiro atoms. The monoisotopic (exact) mass is 397 g/mol. The van der Waals surface area contributed by atoms with Crippen LogP contribution in [-0.2, 0) is 0 Å². The predicted octanol–water partition coefficient (Wildman–Crippen LogP) is 4.33. The van der Waals surface area contributed by atoms with Crippen molar-refractivity contribution in [2.24, 2.45) is 0 Å². The molecule has 3 aromatic heterocycles. The number of nitrogens with one attached hydrogen (secondary N) is 1. The van der Waals surface area contributed by atoms with Crippen molar-refractivity contribution in [3.8, 4) is 5.13 Å². The molecular formula is C20H23N5S2. The molecule has 1 saturated heterocycles. The topological polar surface area (TPSA) is 46.0 Å². The molecule has 7 heteroatoms. The van der Waals surface area contributed by atoms with E-state index in [9.17, 15) is 0 Å². The van der Waals surface area contributed by atoms with Crippen LogP contribution in [0.4, 0.5) is 0 Å². The summed E-state index contributed by atoms with van der Waals surface area (Å²) in [5.41, 5.74) is 4.65. The number of thiazole rings is 1. The Kier molecular flexibility index (Phi) is 4.74. The summed E-state index contributed by atoms with van der Waals surface area (Å²) in [7, 11) is 0. The van der Waals surface area contributed by atoms with E-state index in [1.54, 1.807) is 11.3 Å². The fourth-order valence-corrected chi connectivity index (χ4v) is 5.16. The summed E-state index contributed by atoms with van der Waals surface area (Å²) in [4.78, 5) is 11.4. The molecule has 0 saturated carbocycles. The molecule has 0 radical (unpaired) electrons. The normalized spacial score (nSPS) is 19.7. The van der Waals surface area contributed by atoms with E-state index in [0.717, 1.165) is 15.9 Å². The van der Waals surface area contributed by atoms with Crippen molar-refractivity contribution in [2.75, 3.05) is 0 Å². The third kappa shape index (κ3) is 3.04. The fraction of sp³-hybridized carbons (Fsp3) is 0.350. The Morgan fingerprint density at radius 2 is 2.00 bits per heavy atom. The smallest absolute Gasteiger partial charge is 0.193 e. The summed E-state index contributed by atoms with van der Waals surface area (Å²) in [6, 6.07) is 8.70. The van der Waals surface area contributed by atoms with Crippen molar-refractivity contribution < 1.29 is 0 Å². The van der Waals surface area contributed by atoms with Crippen LogP contribution in [0.25, 0.3) is 5.13 Å². The van der Waals surface area contributed by atoms with E-state index in [-0.39, 0.29) is 18.1 Å². The molecule has 1 N–H and O–H groups in total. The zero-order valence-electron chi connectivity index (χ0n) is 15.9. The van der Waals surface area contributed by atoms with Gasteiger partial charge in [0, 0.05) is 35.2 Å². The number of hydrogen-bond acceptors (Lipinski definition) is 4. The zero-order chi connectivity index (χ0) is 19.1. The maximum absolute atomic E-state index is 5.70. The lowest BCUT2D eigenvalue weighted by molar-refractivity contribution is 0.269. The van der Waals surface area contributed by atoms with Crippen LogP contribution in [0.1, 0.15) is 48.6 Å². The highest BCUT2D eigenvalue weighted by molar-refractivity contribution is 7.80. The van der Waals surface area contributed by atoms with Crippen LogP contribution >= 0.6 is 23.6 Å². The lowest BCUT2D eigenvalue weighted by Gasteiger charge is -2.31. The van der Waals surface area contributed by atoms with Gasteiger partial charge in [0.1, 0.15) is 0 Å². The first kappa shape index (κ1) is 18.1. The van der Waals surface area contributed by atoms with Crippen LogP contribution in [0.5, 0.6) is 0 Å². The van der Waals surface area contributed by atoms with Gasteiger partial charge in [0.25, 0.3) is 0 Å². The first-order valence-corrected chi connectivity index (χ1v) is 10.4. The molecule has 1 aliphatic heterocycles. The molecule has 3 aromatic rings. The summed E-state index contributed by atoms with van der Waals surface area (Å²) in [6.07, 6.45) is 3.69. The number of hydrogen-bond donors (Lipinski definition) is 1. The molecule has 2 atom stereocenters. The molecule has 0 aliphatic carbocycles. The van der Waals surface area contributed by atoms with Gasteiger partial charge in [-0.15, -0.1) is 11.3 Å². The molecule has 0 bridgehead atoms. The summed E-state index contributed by atoms with van der Waals surface area (Å²) in [5, 5.41) is 7.30. The summed E-state index contributed by atoms with van der Waals surface area (Å²) < 4.78 is 2.23. The van der Waals surface area contributed by atoms with Crippen molar-refractivity contribution in [3.05, 3.63) is 64.7 Å². The Balaban J connectivity index is 1.86. The van der Waals surface area contributed by atoms with Gasteiger partial charge in [0.15, 0.2) is 10.2 Å². The predicted molar refractivity (Wildman–Crippen MR) is 113 cm³/mol. The maximum Gasteiger partial charge on any atom is 0.193 e. The average Bonchev–Trinajstić information content (AvgIpc) is 3.34. The van der Waals surface area contributed by atoms with E-state index in [2.05, 4.69) is 64.6 Å². The van der Waals surface area contributed by atoms with Crippen molar-refractivity contribution in [1.82, 2.24) is 24.8 Å². The van der Waals surface area contributed by atoms with Crippen LogP contribution < -0.4 is 5.32 Å². The molecular weight excluding hydrogens is 374 g/mol. The van der Waals surface area contributed by atoms with Crippen LogP contribution in [0.2, 0.25) is 0 Å². The SMILES string of the molecule is Cc1cc([C@@H]2[C@H](c3ccccn3)NC(=S)N2C(C)C)c(C)n1-c1nccs1. The van der Waals surface area contributed by atoms with Crippen molar-refractivity contribution >= 4 is 28.7 Å². The van der Waals surface area contributed by atoms with Gasteiger partial charge in [-0.25, -0.2) is 4.98 Å². The van der Waals surface area contributed by atoms with Crippen molar-refractivity contribution in [3.63, 3.8) is 0 Å². The number of aromatic nitrogens is 3.